The number of carbonyl (C=O) groups is 2. The van der Waals surface area contributed by atoms with Crippen molar-refractivity contribution in [1.82, 2.24) is 15.1 Å². The van der Waals surface area contributed by atoms with E-state index in [1.165, 1.54) is 0 Å². The normalized spacial score (nSPS) is 20.6. The molecule has 0 saturated carbocycles. The summed E-state index contributed by atoms with van der Waals surface area (Å²) in [6, 6.07) is 9.85. The van der Waals surface area contributed by atoms with Crippen molar-refractivity contribution in [2.45, 2.75) is 24.9 Å². The Morgan fingerprint density at radius 1 is 1.08 bits per heavy atom. The largest absolute Gasteiger partial charge is 0.381 e. The Balaban J connectivity index is 1.40. The molecule has 0 radical (unpaired) electrons. The highest BCUT2D eigenvalue weighted by Gasteiger charge is 2.39. The average Bonchev–Trinajstić information content (AvgIpc) is 2.68. The topological polar surface area (TPSA) is 87.9 Å². The lowest BCUT2D eigenvalue weighted by Crippen LogP contribution is -2.61. The first-order valence-electron chi connectivity index (χ1n) is 9.26. The lowest BCUT2D eigenvalue weighted by Gasteiger charge is -2.40. The second kappa shape index (κ2) is 8.62. The van der Waals surface area contributed by atoms with Crippen LogP contribution in [0.1, 0.15) is 18.4 Å². The molecule has 1 aromatic rings. The summed E-state index contributed by atoms with van der Waals surface area (Å²) >= 11 is 0. The number of nitrogens with zero attached hydrogens (tertiary/aromatic N) is 2. The van der Waals surface area contributed by atoms with E-state index in [4.69, 9.17) is 10.5 Å². The first-order valence-corrected chi connectivity index (χ1v) is 9.26. The molecular formula is C19H28N4O3. The van der Waals surface area contributed by atoms with E-state index >= 15 is 0 Å². The Hall–Kier alpha value is -1.96. The van der Waals surface area contributed by atoms with Crippen LogP contribution in [0.3, 0.4) is 0 Å². The summed E-state index contributed by atoms with van der Waals surface area (Å²) < 4.78 is 5.31. The SMILES string of the molecule is NC1(C(=O)N2CCN(CC(=O)NCc3ccccc3)CC2)CCOCC1. The van der Waals surface area contributed by atoms with Gasteiger partial charge in [-0.05, 0) is 18.4 Å². The van der Waals surface area contributed by atoms with Crippen molar-refractivity contribution in [2.75, 3.05) is 45.9 Å². The van der Waals surface area contributed by atoms with Crippen molar-refractivity contribution in [3.05, 3.63) is 35.9 Å². The molecule has 2 saturated heterocycles. The van der Waals surface area contributed by atoms with E-state index in [1.54, 1.807) is 0 Å². The molecular weight excluding hydrogens is 332 g/mol. The molecule has 0 aromatic heterocycles. The van der Waals surface area contributed by atoms with E-state index in [0.29, 0.717) is 65.3 Å². The molecule has 2 fully saturated rings. The van der Waals surface area contributed by atoms with Crippen molar-refractivity contribution in [2.24, 2.45) is 5.73 Å². The van der Waals surface area contributed by atoms with Crippen LogP contribution in [0.2, 0.25) is 0 Å². The number of nitrogens with two attached hydrogens (primary N) is 1. The number of hydrogen-bond donors (Lipinski definition) is 2. The van der Waals surface area contributed by atoms with Gasteiger partial charge >= 0.3 is 0 Å². The molecule has 0 bridgehead atoms. The van der Waals surface area contributed by atoms with E-state index in [0.717, 1.165) is 5.56 Å². The summed E-state index contributed by atoms with van der Waals surface area (Å²) in [7, 11) is 0. The first kappa shape index (κ1) is 18.8. The lowest BCUT2D eigenvalue weighted by atomic mass is 9.89. The Morgan fingerprint density at radius 2 is 1.73 bits per heavy atom. The molecule has 0 spiro atoms. The first-order chi connectivity index (χ1) is 12.6. The van der Waals surface area contributed by atoms with Gasteiger partial charge in [-0.3, -0.25) is 14.5 Å². The molecule has 3 rings (SSSR count). The molecule has 1 aromatic carbocycles. The van der Waals surface area contributed by atoms with E-state index in [2.05, 4.69) is 10.2 Å². The highest BCUT2D eigenvalue weighted by molar-refractivity contribution is 5.86. The predicted octanol–water partition coefficient (Wildman–Crippen LogP) is -0.0451. The molecule has 2 amide bonds. The monoisotopic (exact) mass is 360 g/mol. The number of piperazine rings is 1. The Bertz CT molecular complexity index is 608. The van der Waals surface area contributed by atoms with Crippen LogP contribution in [0.15, 0.2) is 30.3 Å². The number of hydrogen-bond acceptors (Lipinski definition) is 5. The molecule has 7 nitrogen and oxygen atoms in total. The molecule has 0 aliphatic carbocycles. The molecule has 2 aliphatic rings. The number of nitrogens with one attached hydrogen (secondary N) is 1. The maximum absolute atomic E-state index is 12.7. The smallest absolute Gasteiger partial charge is 0.242 e. The summed E-state index contributed by atoms with van der Waals surface area (Å²) in [5, 5.41) is 2.94. The Labute approximate surface area is 154 Å². The summed E-state index contributed by atoms with van der Waals surface area (Å²) in [6.07, 6.45) is 1.15. The summed E-state index contributed by atoms with van der Waals surface area (Å²) in [5.41, 5.74) is 6.59. The van der Waals surface area contributed by atoms with Gasteiger partial charge in [0.05, 0.1) is 12.1 Å². The fraction of sp³-hybridized carbons (Fsp3) is 0.579. The minimum Gasteiger partial charge on any atom is -0.381 e. The van der Waals surface area contributed by atoms with Crippen molar-refractivity contribution in [1.29, 1.82) is 0 Å². The summed E-state index contributed by atoms with van der Waals surface area (Å²) in [4.78, 5) is 28.8. The zero-order valence-electron chi connectivity index (χ0n) is 15.2. The van der Waals surface area contributed by atoms with Crippen LogP contribution < -0.4 is 11.1 Å². The quantitative estimate of drug-likeness (QED) is 0.769. The fourth-order valence-electron chi connectivity index (χ4n) is 3.43. The number of benzene rings is 1. The van der Waals surface area contributed by atoms with Crippen molar-refractivity contribution < 1.29 is 14.3 Å². The van der Waals surface area contributed by atoms with Gasteiger partial charge in [0.15, 0.2) is 0 Å². The maximum atomic E-state index is 12.7. The minimum absolute atomic E-state index is 0.00774. The standard InChI is InChI=1S/C19H28N4O3/c20-19(6-12-26-13-7-19)18(25)23-10-8-22(9-11-23)15-17(24)21-14-16-4-2-1-3-5-16/h1-5H,6-15,20H2,(H,21,24). The van der Waals surface area contributed by atoms with Gasteiger partial charge < -0.3 is 20.7 Å². The van der Waals surface area contributed by atoms with Gasteiger partial charge in [-0.2, -0.15) is 0 Å². The van der Waals surface area contributed by atoms with Crippen molar-refractivity contribution >= 4 is 11.8 Å². The molecule has 3 N–H and O–H groups in total. The molecule has 0 unspecified atom stereocenters. The molecule has 2 aliphatic heterocycles. The van der Waals surface area contributed by atoms with E-state index < -0.39 is 5.54 Å². The van der Waals surface area contributed by atoms with E-state index in [-0.39, 0.29) is 11.8 Å². The van der Waals surface area contributed by atoms with Crippen LogP contribution in [0.4, 0.5) is 0 Å². The van der Waals surface area contributed by atoms with Crippen LogP contribution in [0, 0.1) is 0 Å². The second-order valence-electron chi connectivity index (χ2n) is 7.10. The lowest BCUT2D eigenvalue weighted by molar-refractivity contribution is -0.142. The molecule has 26 heavy (non-hydrogen) atoms. The summed E-state index contributed by atoms with van der Waals surface area (Å²) in [6.45, 7) is 4.60. The van der Waals surface area contributed by atoms with E-state index in [9.17, 15) is 9.59 Å². The third-order valence-corrected chi connectivity index (χ3v) is 5.17. The van der Waals surface area contributed by atoms with Crippen LogP contribution in [-0.2, 0) is 20.9 Å². The highest BCUT2D eigenvalue weighted by Crippen LogP contribution is 2.21. The van der Waals surface area contributed by atoms with Crippen LogP contribution in [0.25, 0.3) is 0 Å². The van der Waals surface area contributed by atoms with Gasteiger partial charge in [-0.15, -0.1) is 0 Å². The molecule has 142 valence electrons. The van der Waals surface area contributed by atoms with Crippen LogP contribution in [0.5, 0.6) is 0 Å². The number of rotatable bonds is 5. The van der Waals surface area contributed by atoms with Crippen LogP contribution in [-0.4, -0.2) is 73.1 Å². The average molecular weight is 360 g/mol. The van der Waals surface area contributed by atoms with Gasteiger partial charge in [-0.25, -0.2) is 0 Å². The van der Waals surface area contributed by atoms with Gasteiger partial charge in [-0.1, -0.05) is 30.3 Å². The van der Waals surface area contributed by atoms with E-state index in [1.807, 2.05) is 35.2 Å². The molecule has 0 atom stereocenters. The van der Waals surface area contributed by atoms with Gasteiger partial charge in [0.2, 0.25) is 11.8 Å². The highest BCUT2D eigenvalue weighted by atomic mass is 16.5. The third-order valence-electron chi connectivity index (χ3n) is 5.17. The fourth-order valence-corrected chi connectivity index (χ4v) is 3.43. The Kier molecular flexibility index (Phi) is 6.24. The maximum Gasteiger partial charge on any atom is 0.242 e. The number of ether oxygens (including phenoxy) is 1. The zero-order chi connectivity index (χ0) is 18.4. The second-order valence-corrected chi connectivity index (χ2v) is 7.10. The summed E-state index contributed by atoms with van der Waals surface area (Å²) in [5.74, 6) is 0.0299. The van der Waals surface area contributed by atoms with Crippen LogP contribution >= 0.6 is 0 Å². The molecule has 2 heterocycles. The third kappa shape index (κ3) is 4.81. The number of carbonyl (C=O) groups excluding carboxylic acids is 2. The molecule has 7 heteroatoms. The Morgan fingerprint density at radius 3 is 2.38 bits per heavy atom. The van der Waals surface area contributed by atoms with Gasteiger partial charge in [0.25, 0.3) is 0 Å². The minimum atomic E-state index is -0.784. The zero-order valence-corrected chi connectivity index (χ0v) is 15.2. The van der Waals surface area contributed by atoms with Gasteiger partial charge in [0, 0.05) is 45.9 Å². The predicted molar refractivity (Wildman–Crippen MR) is 98.3 cm³/mol. The van der Waals surface area contributed by atoms with Crippen molar-refractivity contribution in [3.63, 3.8) is 0 Å². The van der Waals surface area contributed by atoms with Gasteiger partial charge in [0.1, 0.15) is 0 Å². The van der Waals surface area contributed by atoms with Crippen molar-refractivity contribution in [3.8, 4) is 0 Å². The number of amides is 2.